The van der Waals surface area contributed by atoms with Crippen molar-refractivity contribution in [2.75, 3.05) is 6.61 Å². The number of hydrogen-bond acceptors (Lipinski definition) is 8. The highest BCUT2D eigenvalue weighted by Gasteiger charge is 2.51. The lowest BCUT2D eigenvalue weighted by atomic mass is 9.53. The minimum Gasteiger partial charge on any atom is -0.451 e. The van der Waals surface area contributed by atoms with Crippen LogP contribution in [0.4, 0.5) is 4.79 Å². The molecule has 30 heavy (non-hydrogen) atoms. The number of imide groups is 1. The van der Waals surface area contributed by atoms with Gasteiger partial charge in [-0.2, -0.15) is 4.68 Å². The van der Waals surface area contributed by atoms with Gasteiger partial charge in [-0.15, -0.1) is 16.4 Å². The molecular weight excluding hydrogens is 408 g/mol. The number of thiophene rings is 1. The summed E-state index contributed by atoms with van der Waals surface area (Å²) in [4.78, 5) is 37.2. The zero-order chi connectivity index (χ0) is 20.7. The molecule has 0 spiro atoms. The van der Waals surface area contributed by atoms with Crippen LogP contribution in [0, 0.1) is 17.8 Å². The topological polar surface area (TPSA) is 128 Å². The van der Waals surface area contributed by atoms with Crippen LogP contribution in [-0.4, -0.2) is 50.3 Å². The van der Waals surface area contributed by atoms with E-state index in [0.29, 0.717) is 23.4 Å². The molecule has 4 saturated carbocycles. The quantitative estimate of drug-likeness (QED) is 0.691. The Kier molecular flexibility index (Phi) is 4.76. The van der Waals surface area contributed by atoms with Gasteiger partial charge in [0.05, 0.1) is 5.69 Å². The van der Waals surface area contributed by atoms with Gasteiger partial charge in [-0.05, 0) is 78.2 Å². The summed E-state index contributed by atoms with van der Waals surface area (Å²) >= 11 is 1.16. The highest BCUT2D eigenvalue weighted by atomic mass is 32.1. The van der Waals surface area contributed by atoms with E-state index < -0.39 is 24.5 Å². The van der Waals surface area contributed by atoms with Crippen molar-refractivity contribution in [3.8, 4) is 5.69 Å². The van der Waals surface area contributed by atoms with Crippen molar-refractivity contribution in [3.05, 3.63) is 22.7 Å². The van der Waals surface area contributed by atoms with Crippen LogP contribution in [0.3, 0.4) is 0 Å². The number of nitrogens with zero attached hydrogens (tertiary/aromatic N) is 4. The molecule has 10 nitrogen and oxygen atoms in total. The second-order valence-corrected chi connectivity index (χ2v) is 9.58. The molecule has 0 aromatic carbocycles. The van der Waals surface area contributed by atoms with Crippen molar-refractivity contribution in [2.24, 2.45) is 17.8 Å². The molecule has 0 unspecified atom stereocenters. The monoisotopic (exact) mass is 430 g/mol. The first kappa shape index (κ1) is 19.2. The van der Waals surface area contributed by atoms with Gasteiger partial charge in [0.2, 0.25) is 0 Å². The van der Waals surface area contributed by atoms with Crippen LogP contribution >= 0.6 is 11.3 Å². The Bertz CT molecular complexity index is 936. The number of rotatable bonds is 5. The summed E-state index contributed by atoms with van der Waals surface area (Å²) in [6.45, 7) is -0.542. The predicted octanol–water partition coefficient (Wildman–Crippen LogP) is 1.68. The molecule has 2 N–H and O–H groups in total. The maximum atomic E-state index is 12.4. The normalized spacial score (nSPS) is 28.9. The lowest BCUT2D eigenvalue weighted by Crippen LogP contribution is -2.62. The third kappa shape index (κ3) is 3.69. The fourth-order valence-corrected chi connectivity index (χ4v) is 6.57. The smallest absolute Gasteiger partial charge is 0.351 e. The number of urea groups is 1. The molecule has 6 rings (SSSR count). The summed E-state index contributed by atoms with van der Waals surface area (Å²) < 4.78 is 6.42. The molecule has 158 valence electrons. The molecule has 2 heterocycles. The standard InChI is InChI=1S/C19H22N6O4S/c26-15(9-29-17(27)16-14(1-2-30-16)25-10-20-23-24-25)21-18(28)22-19-6-11-3-12(7-19)5-13(4-11)8-19/h1-2,10-13H,3-9H2,(H2,21,22,26,28). The minimum absolute atomic E-state index is 0.187. The number of carbonyl (C=O) groups excluding carboxylic acids is 3. The van der Waals surface area contributed by atoms with Crippen LogP contribution in [0.2, 0.25) is 0 Å². The number of ether oxygens (including phenoxy) is 1. The van der Waals surface area contributed by atoms with E-state index in [2.05, 4.69) is 26.2 Å². The summed E-state index contributed by atoms with van der Waals surface area (Å²) in [7, 11) is 0. The van der Waals surface area contributed by atoms with Gasteiger partial charge < -0.3 is 10.1 Å². The van der Waals surface area contributed by atoms with Crippen molar-refractivity contribution in [2.45, 2.75) is 44.1 Å². The van der Waals surface area contributed by atoms with Gasteiger partial charge in [0, 0.05) is 5.54 Å². The van der Waals surface area contributed by atoms with Gasteiger partial charge in [0.15, 0.2) is 6.61 Å². The highest BCUT2D eigenvalue weighted by molar-refractivity contribution is 7.12. The maximum Gasteiger partial charge on any atom is 0.351 e. The summed E-state index contributed by atoms with van der Waals surface area (Å²) in [5.41, 5.74) is 0.281. The summed E-state index contributed by atoms with van der Waals surface area (Å²) in [6, 6.07) is 1.17. The van der Waals surface area contributed by atoms with E-state index >= 15 is 0 Å². The molecule has 4 fully saturated rings. The lowest BCUT2D eigenvalue weighted by molar-refractivity contribution is -0.123. The van der Waals surface area contributed by atoms with Gasteiger partial charge in [-0.25, -0.2) is 9.59 Å². The van der Waals surface area contributed by atoms with Gasteiger partial charge in [0.25, 0.3) is 5.91 Å². The second kappa shape index (κ2) is 7.46. The average molecular weight is 430 g/mol. The molecule has 2 aromatic rings. The molecule has 4 bridgehead atoms. The van der Waals surface area contributed by atoms with Gasteiger partial charge in [-0.1, -0.05) is 0 Å². The van der Waals surface area contributed by atoms with Gasteiger partial charge in [0.1, 0.15) is 11.2 Å². The van der Waals surface area contributed by atoms with Crippen molar-refractivity contribution in [3.63, 3.8) is 0 Å². The van der Waals surface area contributed by atoms with Crippen LogP contribution in [0.25, 0.3) is 5.69 Å². The van der Waals surface area contributed by atoms with E-state index in [1.807, 2.05) is 0 Å². The van der Waals surface area contributed by atoms with Crippen LogP contribution in [0.5, 0.6) is 0 Å². The lowest BCUT2D eigenvalue weighted by Gasteiger charge is -2.56. The van der Waals surface area contributed by atoms with E-state index in [-0.39, 0.29) is 10.4 Å². The van der Waals surface area contributed by atoms with E-state index in [1.165, 1.54) is 30.3 Å². The highest BCUT2D eigenvalue weighted by Crippen LogP contribution is 2.55. The minimum atomic E-state index is -0.674. The number of carbonyl (C=O) groups is 3. The van der Waals surface area contributed by atoms with Crippen molar-refractivity contribution < 1.29 is 19.1 Å². The predicted molar refractivity (Wildman–Crippen MR) is 105 cm³/mol. The van der Waals surface area contributed by atoms with E-state index in [0.717, 1.165) is 30.6 Å². The van der Waals surface area contributed by atoms with Crippen LogP contribution in [-0.2, 0) is 9.53 Å². The summed E-state index contributed by atoms with van der Waals surface area (Å²) in [5.74, 6) is 0.730. The van der Waals surface area contributed by atoms with Crippen LogP contribution in [0.1, 0.15) is 48.2 Å². The zero-order valence-electron chi connectivity index (χ0n) is 16.2. The fraction of sp³-hybridized carbons (Fsp3) is 0.579. The van der Waals surface area contributed by atoms with Crippen molar-refractivity contribution in [1.29, 1.82) is 0 Å². The molecule has 4 aliphatic carbocycles. The Balaban J connectivity index is 1.13. The van der Waals surface area contributed by atoms with E-state index in [9.17, 15) is 14.4 Å². The van der Waals surface area contributed by atoms with Crippen molar-refractivity contribution >= 4 is 29.2 Å². The number of nitrogens with one attached hydrogen (secondary N) is 2. The number of hydrogen-bond donors (Lipinski definition) is 2. The second-order valence-electron chi connectivity index (χ2n) is 8.67. The first-order valence-electron chi connectivity index (χ1n) is 10.1. The Labute approximate surface area is 176 Å². The fourth-order valence-electron chi connectivity index (χ4n) is 5.80. The molecule has 0 radical (unpaired) electrons. The Morgan fingerprint density at radius 1 is 1.17 bits per heavy atom. The molecular formula is C19H22N6O4S. The molecule has 11 heteroatoms. The summed E-state index contributed by atoms with van der Waals surface area (Å²) in [6.07, 6.45) is 8.16. The average Bonchev–Trinajstić information content (AvgIpc) is 3.35. The molecule has 4 aliphatic rings. The zero-order valence-corrected chi connectivity index (χ0v) is 17.1. The first-order chi connectivity index (χ1) is 14.5. The van der Waals surface area contributed by atoms with Crippen molar-refractivity contribution in [1.82, 2.24) is 30.8 Å². The Hall–Kier alpha value is -2.82. The number of aromatic nitrogens is 4. The third-order valence-electron chi connectivity index (χ3n) is 6.43. The van der Waals surface area contributed by atoms with E-state index in [4.69, 9.17) is 4.74 Å². The van der Waals surface area contributed by atoms with Crippen LogP contribution < -0.4 is 10.6 Å². The number of tetrazole rings is 1. The SMILES string of the molecule is O=C(COC(=O)c1sccc1-n1cnnn1)NC(=O)NC12CC3CC(CC(C3)C1)C2. The molecule has 2 aromatic heterocycles. The molecule has 0 saturated heterocycles. The number of esters is 1. The van der Waals surface area contributed by atoms with Crippen LogP contribution in [0.15, 0.2) is 17.8 Å². The molecule has 3 amide bonds. The Morgan fingerprint density at radius 3 is 2.50 bits per heavy atom. The first-order valence-corrected chi connectivity index (χ1v) is 11.0. The third-order valence-corrected chi connectivity index (χ3v) is 7.31. The van der Waals surface area contributed by atoms with Gasteiger partial charge >= 0.3 is 12.0 Å². The summed E-state index contributed by atoms with van der Waals surface area (Å²) in [5, 5.41) is 17.9. The Morgan fingerprint density at radius 2 is 1.87 bits per heavy atom. The number of amides is 3. The molecule has 0 atom stereocenters. The molecule has 0 aliphatic heterocycles. The van der Waals surface area contributed by atoms with E-state index in [1.54, 1.807) is 11.4 Å². The van der Waals surface area contributed by atoms with Gasteiger partial charge in [-0.3, -0.25) is 10.1 Å². The largest absolute Gasteiger partial charge is 0.451 e. The maximum absolute atomic E-state index is 12.4.